The van der Waals surface area contributed by atoms with Gasteiger partial charge in [0, 0.05) is 11.5 Å². The molecule has 1 fully saturated rings. The van der Waals surface area contributed by atoms with Crippen molar-refractivity contribution in [3.05, 3.63) is 29.3 Å². The zero-order valence-electron chi connectivity index (χ0n) is 10.5. The van der Waals surface area contributed by atoms with E-state index in [4.69, 9.17) is 4.74 Å². The molecule has 0 heterocycles. The first kappa shape index (κ1) is 12.3. The van der Waals surface area contributed by atoms with E-state index >= 15 is 0 Å². The molecule has 0 aliphatic heterocycles. The Morgan fingerprint density at radius 2 is 1.94 bits per heavy atom. The Balaban J connectivity index is 2.39. The van der Waals surface area contributed by atoms with Crippen LogP contribution in [0.25, 0.3) is 0 Å². The monoisotopic (exact) mass is 240 g/mol. The van der Waals surface area contributed by atoms with Crippen molar-refractivity contribution in [1.29, 1.82) is 0 Å². The summed E-state index contributed by atoms with van der Waals surface area (Å²) in [4.78, 5) is 0. The Hall–Kier alpha value is -1.12. The second kappa shape index (κ2) is 4.28. The third-order valence-corrected chi connectivity index (χ3v) is 3.33. The Kier molecular flexibility index (Phi) is 3.11. The Morgan fingerprint density at radius 3 is 2.41 bits per heavy atom. The number of hydrogen-bond acceptors (Lipinski definition) is 1. The van der Waals surface area contributed by atoms with E-state index in [1.807, 2.05) is 13.8 Å². The molecular formula is C14H18F2O. The highest BCUT2D eigenvalue weighted by molar-refractivity contribution is 5.41. The fourth-order valence-electron chi connectivity index (χ4n) is 2.07. The number of hydrogen-bond donors (Lipinski definition) is 0. The van der Waals surface area contributed by atoms with Gasteiger partial charge in [0.25, 0.3) is 5.92 Å². The highest BCUT2D eigenvalue weighted by Gasteiger charge is 2.48. The van der Waals surface area contributed by atoms with Crippen LogP contribution in [0, 0.1) is 5.92 Å². The van der Waals surface area contributed by atoms with E-state index in [1.165, 1.54) is 6.07 Å². The van der Waals surface area contributed by atoms with Gasteiger partial charge in [-0.2, -0.15) is 0 Å². The van der Waals surface area contributed by atoms with Crippen molar-refractivity contribution in [2.24, 2.45) is 5.92 Å². The summed E-state index contributed by atoms with van der Waals surface area (Å²) in [5, 5.41) is 0. The van der Waals surface area contributed by atoms with E-state index in [0.29, 0.717) is 18.6 Å². The number of methoxy groups -OCH3 is 1. The first-order chi connectivity index (χ1) is 7.96. The molecule has 1 nitrogen and oxygen atoms in total. The number of ether oxygens (including phenoxy) is 1. The highest BCUT2D eigenvalue weighted by Crippen LogP contribution is 2.50. The maximum absolute atomic E-state index is 14.0. The van der Waals surface area contributed by atoms with Gasteiger partial charge in [0.05, 0.1) is 7.11 Å². The van der Waals surface area contributed by atoms with Crippen molar-refractivity contribution in [3.63, 3.8) is 0 Å². The fraction of sp³-hybridized carbons (Fsp3) is 0.571. The van der Waals surface area contributed by atoms with Gasteiger partial charge in [-0.1, -0.05) is 13.8 Å². The molecule has 3 heteroatoms. The van der Waals surface area contributed by atoms with Gasteiger partial charge in [0.1, 0.15) is 5.75 Å². The van der Waals surface area contributed by atoms with Crippen molar-refractivity contribution in [2.45, 2.75) is 38.5 Å². The molecule has 17 heavy (non-hydrogen) atoms. The molecule has 0 aromatic heterocycles. The SMILES string of the molecule is COc1ccc(C(F)(F)C2CC2)cc1C(C)C. The van der Waals surface area contributed by atoms with Gasteiger partial charge in [0.2, 0.25) is 0 Å². The van der Waals surface area contributed by atoms with E-state index in [9.17, 15) is 8.78 Å². The number of alkyl halides is 2. The minimum Gasteiger partial charge on any atom is -0.496 e. The number of rotatable bonds is 4. The molecule has 1 aromatic rings. The zero-order chi connectivity index (χ0) is 12.6. The molecule has 0 unspecified atom stereocenters. The van der Waals surface area contributed by atoms with Gasteiger partial charge in [-0.25, -0.2) is 8.78 Å². The largest absolute Gasteiger partial charge is 0.496 e. The molecule has 0 saturated heterocycles. The van der Waals surface area contributed by atoms with Crippen molar-refractivity contribution in [2.75, 3.05) is 7.11 Å². The first-order valence-electron chi connectivity index (χ1n) is 6.03. The van der Waals surface area contributed by atoms with Gasteiger partial charge in [-0.3, -0.25) is 0 Å². The summed E-state index contributed by atoms with van der Waals surface area (Å²) in [7, 11) is 1.57. The lowest BCUT2D eigenvalue weighted by Crippen LogP contribution is -2.16. The van der Waals surface area contributed by atoms with Gasteiger partial charge < -0.3 is 4.74 Å². The van der Waals surface area contributed by atoms with Crippen LogP contribution in [0.5, 0.6) is 5.75 Å². The average Bonchev–Trinajstić information content (AvgIpc) is 3.12. The van der Waals surface area contributed by atoms with Gasteiger partial charge in [0.15, 0.2) is 0 Å². The third kappa shape index (κ3) is 2.28. The van der Waals surface area contributed by atoms with Crippen LogP contribution in [0.3, 0.4) is 0 Å². The highest BCUT2D eigenvalue weighted by atomic mass is 19.3. The summed E-state index contributed by atoms with van der Waals surface area (Å²) < 4.78 is 33.2. The third-order valence-electron chi connectivity index (χ3n) is 3.33. The molecule has 1 aromatic carbocycles. The van der Waals surface area contributed by atoms with Crippen LogP contribution < -0.4 is 4.74 Å². The van der Waals surface area contributed by atoms with Crippen LogP contribution in [0.15, 0.2) is 18.2 Å². The predicted octanol–water partition coefficient (Wildman–Crippen LogP) is 4.32. The lowest BCUT2D eigenvalue weighted by atomic mass is 9.95. The second-order valence-corrected chi connectivity index (χ2v) is 5.01. The summed E-state index contributed by atoms with van der Waals surface area (Å²) >= 11 is 0. The van der Waals surface area contributed by atoms with Crippen LogP contribution in [0.1, 0.15) is 43.7 Å². The summed E-state index contributed by atoms with van der Waals surface area (Å²) in [5.74, 6) is -2.28. The summed E-state index contributed by atoms with van der Waals surface area (Å²) in [6, 6.07) is 4.74. The molecule has 0 amide bonds. The minimum atomic E-state index is -2.68. The van der Waals surface area contributed by atoms with E-state index in [-0.39, 0.29) is 11.5 Å². The van der Waals surface area contributed by atoms with Crippen molar-refractivity contribution >= 4 is 0 Å². The molecule has 0 radical (unpaired) electrons. The van der Waals surface area contributed by atoms with E-state index in [1.54, 1.807) is 19.2 Å². The summed E-state index contributed by atoms with van der Waals surface area (Å²) in [6.45, 7) is 3.97. The molecule has 94 valence electrons. The summed E-state index contributed by atoms with van der Waals surface area (Å²) in [6.07, 6.45) is 1.27. The fourth-order valence-corrected chi connectivity index (χ4v) is 2.07. The molecule has 1 aliphatic carbocycles. The predicted molar refractivity (Wildman–Crippen MR) is 63.7 cm³/mol. The van der Waals surface area contributed by atoms with Crippen molar-refractivity contribution in [3.8, 4) is 5.75 Å². The van der Waals surface area contributed by atoms with Crippen LogP contribution in [-0.4, -0.2) is 7.11 Å². The molecule has 0 N–H and O–H groups in total. The van der Waals surface area contributed by atoms with Crippen LogP contribution in [-0.2, 0) is 5.92 Å². The molecule has 0 spiro atoms. The normalized spacial score (nSPS) is 16.4. The first-order valence-corrected chi connectivity index (χ1v) is 6.03. The number of halogens is 2. The molecule has 1 aliphatic rings. The lowest BCUT2D eigenvalue weighted by Gasteiger charge is -2.19. The minimum absolute atomic E-state index is 0.129. The van der Waals surface area contributed by atoms with Crippen molar-refractivity contribution in [1.82, 2.24) is 0 Å². The molecule has 2 rings (SSSR count). The quantitative estimate of drug-likeness (QED) is 0.761. The Morgan fingerprint density at radius 1 is 1.29 bits per heavy atom. The second-order valence-electron chi connectivity index (χ2n) is 5.01. The van der Waals surface area contributed by atoms with Crippen LogP contribution >= 0.6 is 0 Å². The van der Waals surface area contributed by atoms with Crippen LogP contribution in [0.2, 0.25) is 0 Å². The Labute approximate surface area is 101 Å². The zero-order valence-corrected chi connectivity index (χ0v) is 10.5. The molecule has 0 bridgehead atoms. The standard InChI is InChI=1S/C14H18F2O/c1-9(2)12-8-11(6-7-13(12)17-3)14(15,16)10-4-5-10/h6-10H,4-5H2,1-3H3. The Bertz CT molecular complexity index is 409. The summed E-state index contributed by atoms with van der Waals surface area (Å²) in [5.41, 5.74) is 0.981. The smallest absolute Gasteiger partial charge is 0.276 e. The van der Waals surface area contributed by atoms with Gasteiger partial charge in [-0.05, 0) is 42.5 Å². The molecular weight excluding hydrogens is 222 g/mol. The molecule has 1 saturated carbocycles. The average molecular weight is 240 g/mol. The van der Waals surface area contributed by atoms with Gasteiger partial charge in [-0.15, -0.1) is 0 Å². The van der Waals surface area contributed by atoms with Crippen molar-refractivity contribution < 1.29 is 13.5 Å². The van der Waals surface area contributed by atoms with Gasteiger partial charge >= 0.3 is 0 Å². The maximum Gasteiger partial charge on any atom is 0.276 e. The van der Waals surface area contributed by atoms with E-state index < -0.39 is 11.8 Å². The van der Waals surface area contributed by atoms with E-state index in [0.717, 1.165) is 5.56 Å². The van der Waals surface area contributed by atoms with E-state index in [2.05, 4.69) is 0 Å². The lowest BCUT2D eigenvalue weighted by molar-refractivity contribution is -0.0286. The molecule has 0 atom stereocenters. The maximum atomic E-state index is 14.0. The topological polar surface area (TPSA) is 9.23 Å². The number of benzene rings is 1. The van der Waals surface area contributed by atoms with Crippen LogP contribution in [0.4, 0.5) is 8.78 Å².